The molecule has 0 aromatic heterocycles. The summed E-state index contributed by atoms with van der Waals surface area (Å²) in [6.45, 7) is 3.66. The van der Waals surface area contributed by atoms with Crippen molar-refractivity contribution in [3.05, 3.63) is 85.8 Å². The highest BCUT2D eigenvalue weighted by Gasteiger charge is 2.62. The Balaban J connectivity index is 1.77. The van der Waals surface area contributed by atoms with E-state index >= 15 is 0 Å². The Labute approximate surface area is 262 Å². The minimum Gasteiger partial charge on any atom is -0.493 e. The summed E-state index contributed by atoms with van der Waals surface area (Å²) >= 11 is 16.4. The standard InChI is InChI=1S/C31H31BrCl2N2O6/c1-30(2,15-38)16-42-26-7-3-17(32)11-21(26)28-31(22-6-4-19(34)13-24(22)35-29(31)40)23(14-27(39)36-28)20-12-18(33)5-8-25(20)41-10-9-37/h3-8,11-13,23,28,37-38H,9-10,14-16H2,1-2H3,(H,35,40)(H,36,39)/t23-,28+,31-/m0/s1. The van der Waals surface area contributed by atoms with Gasteiger partial charge in [-0.05, 0) is 54.1 Å². The van der Waals surface area contributed by atoms with Gasteiger partial charge in [0, 0.05) is 49.1 Å². The van der Waals surface area contributed by atoms with Gasteiger partial charge in [0.25, 0.3) is 0 Å². The van der Waals surface area contributed by atoms with Crippen LogP contribution < -0.4 is 20.1 Å². The Hall–Kier alpha value is -2.82. The molecule has 2 heterocycles. The number of amides is 2. The van der Waals surface area contributed by atoms with E-state index in [1.807, 2.05) is 26.0 Å². The molecule has 0 radical (unpaired) electrons. The van der Waals surface area contributed by atoms with E-state index in [1.54, 1.807) is 42.5 Å². The number of hydrogen-bond donors (Lipinski definition) is 4. The van der Waals surface area contributed by atoms with Gasteiger partial charge in [-0.2, -0.15) is 0 Å². The lowest BCUT2D eigenvalue weighted by atomic mass is 9.59. The number of halogens is 3. The maximum absolute atomic E-state index is 14.5. The number of benzene rings is 3. The average molecular weight is 678 g/mol. The van der Waals surface area contributed by atoms with E-state index in [-0.39, 0.29) is 44.7 Å². The van der Waals surface area contributed by atoms with E-state index in [0.29, 0.717) is 43.9 Å². The molecule has 1 saturated heterocycles. The highest BCUT2D eigenvalue weighted by molar-refractivity contribution is 9.10. The molecule has 3 aromatic carbocycles. The Morgan fingerprint density at radius 2 is 1.67 bits per heavy atom. The quantitative estimate of drug-likeness (QED) is 0.229. The van der Waals surface area contributed by atoms with Gasteiger partial charge in [0.05, 0.1) is 25.9 Å². The molecule has 222 valence electrons. The smallest absolute Gasteiger partial charge is 0.238 e. The second kappa shape index (κ2) is 12.1. The van der Waals surface area contributed by atoms with Crippen LogP contribution in [-0.2, 0) is 15.0 Å². The maximum atomic E-state index is 14.5. The highest BCUT2D eigenvalue weighted by Crippen LogP contribution is 2.59. The normalized spacial score (nSPS) is 21.6. The van der Waals surface area contributed by atoms with Crippen molar-refractivity contribution in [2.75, 3.05) is 31.7 Å². The first-order valence-corrected chi connectivity index (χ1v) is 15.0. The topological polar surface area (TPSA) is 117 Å². The van der Waals surface area contributed by atoms with Crippen molar-refractivity contribution in [1.29, 1.82) is 0 Å². The van der Waals surface area contributed by atoms with E-state index in [1.165, 1.54) is 0 Å². The molecule has 0 saturated carbocycles. The number of aliphatic hydroxyl groups excluding tert-OH is 2. The van der Waals surface area contributed by atoms with Crippen LogP contribution in [0.15, 0.2) is 59.1 Å². The molecule has 3 atom stereocenters. The minimum atomic E-state index is -1.37. The molecular weight excluding hydrogens is 647 g/mol. The van der Waals surface area contributed by atoms with Crippen molar-refractivity contribution in [2.24, 2.45) is 5.41 Å². The molecular formula is C31H31BrCl2N2O6. The fraction of sp³-hybridized carbons (Fsp3) is 0.355. The fourth-order valence-corrected chi connectivity index (χ4v) is 6.53. The molecule has 2 amide bonds. The number of carbonyl (C=O) groups excluding carboxylic acids is 2. The predicted octanol–water partition coefficient (Wildman–Crippen LogP) is 5.76. The second-order valence-electron chi connectivity index (χ2n) is 11.3. The Morgan fingerprint density at radius 1 is 0.976 bits per heavy atom. The summed E-state index contributed by atoms with van der Waals surface area (Å²) < 4.78 is 12.9. The number of hydrogen-bond acceptors (Lipinski definition) is 6. The number of fused-ring (bicyclic) bond motifs is 2. The number of nitrogens with one attached hydrogen (secondary N) is 2. The Kier molecular flexibility index (Phi) is 8.79. The molecule has 3 aromatic rings. The van der Waals surface area contributed by atoms with Crippen molar-refractivity contribution in [2.45, 2.75) is 37.6 Å². The molecule has 2 aliphatic heterocycles. The van der Waals surface area contributed by atoms with Crippen molar-refractivity contribution < 1.29 is 29.3 Å². The monoisotopic (exact) mass is 676 g/mol. The SMILES string of the molecule is CC(C)(CO)COc1ccc(Br)cc1[C@H]1NC(=O)C[C@@H](c2cc(Cl)ccc2OCCO)[C@]12C(=O)Nc1cc(Cl)ccc12. The number of carbonyl (C=O) groups is 2. The molecule has 1 fully saturated rings. The summed E-state index contributed by atoms with van der Waals surface area (Å²) in [6.07, 6.45) is -0.0381. The maximum Gasteiger partial charge on any atom is 0.238 e. The molecule has 4 N–H and O–H groups in total. The molecule has 2 aliphatic rings. The van der Waals surface area contributed by atoms with Crippen LogP contribution in [0.1, 0.15) is 48.9 Å². The zero-order valence-corrected chi connectivity index (χ0v) is 26.1. The molecule has 0 aliphatic carbocycles. The van der Waals surface area contributed by atoms with Crippen molar-refractivity contribution in [1.82, 2.24) is 5.32 Å². The van der Waals surface area contributed by atoms with E-state index in [2.05, 4.69) is 26.6 Å². The highest BCUT2D eigenvalue weighted by atomic mass is 79.9. The van der Waals surface area contributed by atoms with Gasteiger partial charge in [0.1, 0.15) is 23.5 Å². The van der Waals surface area contributed by atoms with E-state index in [0.717, 1.165) is 4.47 Å². The Morgan fingerprint density at radius 3 is 2.40 bits per heavy atom. The summed E-state index contributed by atoms with van der Waals surface area (Å²) in [4.78, 5) is 28.0. The predicted molar refractivity (Wildman–Crippen MR) is 165 cm³/mol. The van der Waals surface area contributed by atoms with Gasteiger partial charge in [0.2, 0.25) is 11.8 Å². The van der Waals surface area contributed by atoms with Crippen LogP contribution >= 0.6 is 39.1 Å². The lowest BCUT2D eigenvalue weighted by Crippen LogP contribution is -2.57. The lowest BCUT2D eigenvalue weighted by molar-refractivity contribution is -0.131. The summed E-state index contributed by atoms with van der Waals surface area (Å²) in [5, 5.41) is 26.3. The molecule has 0 unspecified atom stereocenters. The first kappa shape index (κ1) is 30.6. The fourth-order valence-electron chi connectivity index (χ4n) is 5.79. The minimum absolute atomic E-state index is 0.0205. The van der Waals surface area contributed by atoms with Crippen LogP contribution in [-0.4, -0.2) is 48.5 Å². The number of piperidine rings is 1. The van der Waals surface area contributed by atoms with Gasteiger partial charge in [0.15, 0.2) is 0 Å². The van der Waals surface area contributed by atoms with Crippen LogP contribution in [0.3, 0.4) is 0 Å². The molecule has 0 bridgehead atoms. The first-order valence-electron chi connectivity index (χ1n) is 13.5. The van der Waals surface area contributed by atoms with Crippen LogP contribution in [0.5, 0.6) is 11.5 Å². The molecule has 1 spiro atoms. The Bertz CT molecular complexity index is 1530. The first-order chi connectivity index (χ1) is 20.0. The zero-order chi connectivity index (χ0) is 30.2. The third kappa shape index (κ3) is 5.61. The number of rotatable bonds is 9. The molecule has 8 nitrogen and oxygen atoms in total. The van der Waals surface area contributed by atoms with Gasteiger partial charge >= 0.3 is 0 Å². The zero-order valence-electron chi connectivity index (χ0n) is 23.0. The van der Waals surface area contributed by atoms with E-state index in [4.69, 9.17) is 32.7 Å². The van der Waals surface area contributed by atoms with Crippen molar-refractivity contribution >= 4 is 56.6 Å². The van der Waals surface area contributed by atoms with Crippen molar-refractivity contribution in [3.63, 3.8) is 0 Å². The largest absolute Gasteiger partial charge is 0.493 e. The van der Waals surface area contributed by atoms with Crippen molar-refractivity contribution in [3.8, 4) is 11.5 Å². The van der Waals surface area contributed by atoms with Gasteiger partial charge in [-0.1, -0.05) is 59.0 Å². The van der Waals surface area contributed by atoms with Crippen LogP contribution in [0.25, 0.3) is 0 Å². The van der Waals surface area contributed by atoms with Gasteiger partial charge in [-0.25, -0.2) is 0 Å². The summed E-state index contributed by atoms with van der Waals surface area (Å²) in [6, 6.07) is 14.8. The summed E-state index contributed by atoms with van der Waals surface area (Å²) in [5.74, 6) is -0.461. The van der Waals surface area contributed by atoms with Crippen LogP contribution in [0.4, 0.5) is 5.69 Å². The summed E-state index contributed by atoms with van der Waals surface area (Å²) in [5.41, 5.74) is 0.427. The van der Waals surface area contributed by atoms with Gasteiger partial charge in [-0.15, -0.1) is 0 Å². The van der Waals surface area contributed by atoms with Crippen LogP contribution in [0.2, 0.25) is 10.0 Å². The molecule has 11 heteroatoms. The average Bonchev–Trinajstić information content (AvgIpc) is 3.23. The number of anilines is 1. The summed E-state index contributed by atoms with van der Waals surface area (Å²) in [7, 11) is 0. The molecule has 42 heavy (non-hydrogen) atoms. The van der Waals surface area contributed by atoms with Crippen LogP contribution in [0, 0.1) is 5.41 Å². The van der Waals surface area contributed by atoms with Gasteiger partial charge in [-0.3, -0.25) is 9.59 Å². The number of ether oxygens (including phenoxy) is 2. The third-order valence-corrected chi connectivity index (χ3v) is 8.74. The van der Waals surface area contributed by atoms with Gasteiger partial charge < -0.3 is 30.3 Å². The lowest BCUT2D eigenvalue weighted by Gasteiger charge is -2.47. The second-order valence-corrected chi connectivity index (χ2v) is 13.1. The molecule has 5 rings (SSSR count). The number of aliphatic hydroxyl groups is 2. The third-order valence-electron chi connectivity index (χ3n) is 7.78. The van der Waals surface area contributed by atoms with E-state index < -0.39 is 22.8 Å². The van der Waals surface area contributed by atoms with E-state index in [9.17, 15) is 19.8 Å².